The number of nitrogens with zero attached hydrogens (tertiary/aromatic N) is 2. The Morgan fingerprint density at radius 2 is 2.00 bits per heavy atom. The SMILES string of the molecule is O=C(CCc1ncc(-c2ccc(F)cc2F)o1)N1CCCC1Cc1ccccc1. The fourth-order valence-electron chi connectivity index (χ4n) is 3.86. The molecule has 0 N–H and O–H groups in total. The van der Waals surface area contributed by atoms with Gasteiger partial charge in [-0.05, 0) is 37.0 Å². The van der Waals surface area contributed by atoms with Crippen LogP contribution >= 0.6 is 0 Å². The molecule has 4 rings (SSSR count). The maximum atomic E-state index is 13.9. The quantitative estimate of drug-likeness (QED) is 0.602. The van der Waals surface area contributed by atoms with E-state index >= 15 is 0 Å². The summed E-state index contributed by atoms with van der Waals surface area (Å²) in [6.07, 6.45) is 4.92. The number of halogens is 2. The highest BCUT2D eigenvalue weighted by Crippen LogP contribution is 2.26. The molecule has 1 aromatic heterocycles. The van der Waals surface area contributed by atoms with Crippen LogP contribution in [0.25, 0.3) is 11.3 Å². The number of carbonyl (C=O) groups is 1. The summed E-state index contributed by atoms with van der Waals surface area (Å²) >= 11 is 0. The lowest BCUT2D eigenvalue weighted by Gasteiger charge is -2.24. The number of aryl methyl sites for hydroxylation is 1. The van der Waals surface area contributed by atoms with Gasteiger partial charge in [-0.25, -0.2) is 13.8 Å². The Hall–Kier alpha value is -3.02. The third kappa shape index (κ3) is 4.53. The Bertz CT molecular complexity index is 988. The summed E-state index contributed by atoms with van der Waals surface area (Å²) in [5, 5.41) is 0. The second-order valence-corrected chi connectivity index (χ2v) is 7.32. The highest BCUT2D eigenvalue weighted by atomic mass is 19.1. The van der Waals surface area contributed by atoms with Crippen molar-refractivity contribution in [2.75, 3.05) is 6.54 Å². The lowest BCUT2D eigenvalue weighted by Crippen LogP contribution is -2.36. The van der Waals surface area contributed by atoms with E-state index in [1.165, 1.54) is 23.9 Å². The molecule has 150 valence electrons. The van der Waals surface area contributed by atoms with Crippen molar-refractivity contribution in [1.82, 2.24) is 9.88 Å². The van der Waals surface area contributed by atoms with Crippen LogP contribution in [0.4, 0.5) is 8.78 Å². The largest absolute Gasteiger partial charge is 0.441 e. The van der Waals surface area contributed by atoms with Gasteiger partial charge in [0.2, 0.25) is 5.91 Å². The fourth-order valence-corrected chi connectivity index (χ4v) is 3.86. The number of rotatable bonds is 6. The molecule has 0 aliphatic carbocycles. The first-order valence-electron chi connectivity index (χ1n) is 9.83. The van der Waals surface area contributed by atoms with Gasteiger partial charge in [0.15, 0.2) is 11.7 Å². The van der Waals surface area contributed by atoms with Crippen molar-refractivity contribution in [2.45, 2.75) is 38.1 Å². The predicted molar refractivity (Wildman–Crippen MR) is 105 cm³/mol. The Morgan fingerprint density at radius 1 is 1.17 bits per heavy atom. The number of oxazole rings is 1. The summed E-state index contributed by atoms with van der Waals surface area (Å²) in [6.45, 7) is 0.772. The second-order valence-electron chi connectivity index (χ2n) is 7.32. The normalized spacial score (nSPS) is 16.3. The van der Waals surface area contributed by atoms with Crippen LogP contribution in [0.2, 0.25) is 0 Å². The monoisotopic (exact) mass is 396 g/mol. The Morgan fingerprint density at radius 3 is 2.79 bits per heavy atom. The third-order valence-corrected chi connectivity index (χ3v) is 5.31. The molecule has 4 nitrogen and oxygen atoms in total. The fraction of sp³-hybridized carbons (Fsp3) is 0.304. The van der Waals surface area contributed by atoms with Crippen LogP contribution in [0, 0.1) is 11.6 Å². The van der Waals surface area contributed by atoms with Gasteiger partial charge in [0.05, 0.1) is 11.8 Å². The maximum Gasteiger partial charge on any atom is 0.223 e. The summed E-state index contributed by atoms with van der Waals surface area (Å²) in [5.41, 5.74) is 1.38. The van der Waals surface area contributed by atoms with Gasteiger partial charge >= 0.3 is 0 Å². The van der Waals surface area contributed by atoms with Gasteiger partial charge in [0, 0.05) is 31.5 Å². The Labute approximate surface area is 168 Å². The molecule has 1 aliphatic heterocycles. The summed E-state index contributed by atoms with van der Waals surface area (Å²) in [5.74, 6) is -0.669. The smallest absolute Gasteiger partial charge is 0.223 e. The van der Waals surface area contributed by atoms with E-state index in [4.69, 9.17) is 4.42 Å². The summed E-state index contributed by atoms with van der Waals surface area (Å²) in [4.78, 5) is 18.8. The highest BCUT2D eigenvalue weighted by molar-refractivity contribution is 5.77. The van der Waals surface area contributed by atoms with Gasteiger partial charge in [-0.2, -0.15) is 0 Å². The second kappa shape index (κ2) is 8.55. The van der Waals surface area contributed by atoms with E-state index in [-0.39, 0.29) is 29.7 Å². The Kier molecular flexibility index (Phi) is 5.69. The van der Waals surface area contributed by atoms with Gasteiger partial charge in [0.1, 0.15) is 11.6 Å². The summed E-state index contributed by atoms with van der Waals surface area (Å²) in [6, 6.07) is 13.7. The molecule has 0 bridgehead atoms. The van der Waals surface area contributed by atoms with Crippen LogP contribution < -0.4 is 0 Å². The molecule has 3 aromatic rings. The van der Waals surface area contributed by atoms with Gasteiger partial charge in [-0.15, -0.1) is 0 Å². The molecule has 2 heterocycles. The molecule has 2 aromatic carbocycles. The molecule has 1 unspecified atom stereocenters. The summed E-state index contributed by atoms with van der Waals surface area (Å²) in [7, 11) is 0. The number of hydrogen-bond acceptors (Lipinski definition) is 3. The van der Waals surface area contributed by atoms with E-state index in [1.54, 1.807) is 0 Å². The van der Waals surface area contributed by atoms with Gasteiger partial charge in [-0.1, -0.05) is 30.3 Å². The Balaban J connectivity index is 1.36. The third-order valence-electron chi connectivity index (χ3n) is 5.31. The first-order valence-corrected chi connectivity index (χ1v) is 9.83. The zero-order valence-electron chi connectivity index (χ0n) is 16.0. The van der Waals surface area contributed by atoms with E-state index in [0.29, 0.717) is 12.3 Å². The zero-order chi connectivity index (χ0) is 20.2. The number of amides is 1. The standard InChI is InChI=1S/C23H22F2N2O2/c24-17-8-9-19(20(25)14-17)21-15-26-22(29-21)10-11-23(28)27-12-4-7-18(27)13-16-5-2-1-3-6-16/h1-3,5-6,8-9,14-15,18H,4,7,10-13H2. The first kappa shape index (κ1) is 19.3. The van der Waals surface area contributed by atoms with Crippen molar-refractivity contribution in [2.24, 2.45) is 0 Å². The van der Waals surface area contributed by atoms with Crippen LogP contribution in [0.15, 0.2) is 59.1 Å². The van der Waals surface area contributed by atoms with Crippen LogP contribution in [-0.4, -0.2) is 28.4 Å². The molecule has 1 aliphatic rings. The predicted octanol–water partition coefficient (Wildman–Crippen LogP) is 4.79. The van der Waals surface area contributed by atoms with Crippen molar-refractivity contribution in [3.05, 3.63) is 77.8 Å². The van der Waals surface area contributed by atoms with Crippen molar-refractivity contribution < 1.29 is 18.0 Å². The van der Waals surface area contributed by atoms with E-state index < -0.39 is 11.6 Å². The molecule has 1 saturated heterocycles. The number of carbonyl (C=O) groups excluding carboxylic acids is 1. The van der Waals surface area contributed by atoms with Crippen molar-refractivity contribution in [1.29, 1.82) is 0 Å². The van der Waals surface area contributed by atoms with E-state index in [9.17, 15) is 13.6 Å². The molecule has 1 atom stereocenters. The van der Waals surface area contributed by atoms with Crippen LogP contribution in [0.5, 0.6) is 0 Å². The van der Waals surface area contributed by atoms with Crippen LogP contribution in [0.3, 0.4) is 0 Å². The average Bonchev–Trinajstić information content (AvgIpc) is 3.37. The molecule has 0 saturated carbocycles. The minimum absolute atomic E-state index is 0.0798. The molecular formula is C23H22F2N2O2. The molecule has 0 spiro atoms. The van der Waals surface area contributed by atoms with Crippen LogP contribution in [0.1, 0.15) is 30.7 Å². The minimum Gasteiger partial charge on any atom is -0.441 e. The van der Waals surface area contributed by atoms with E-state index in [2.05, 4.69) is 17.1 Å². The van der Waals surface area contributed by atoms with Gasteiger partial charge in [-0.3, -0.25) is 4.79 Å². The highest BCUT2D eigenvalue weighted by Gasteiger charge is 2.28. The minimum atomic E-state index is -0.704. The van der Waals surface area contributed by atoms with E-state index in [1.807, 2.05) is 23.1 Å². The number of likely N-dealkylation sites (tertiary alicyclic amines) is 1. The van der Waals surface area contributed by atoms with E-state index in [0.717, 1.165) is 31.9 Å². The average molecular weight is 396 g/mol. The molecule has 1 fully saturated rings. The van der Waals surface area contributed by atoms with Crippen molar-refractivity contribution in [3.8, 4) is 11.3 Å². The first-order chi connectivity index (χ1) is 14.1. The molecular weight excluding hydrogens is 374 g/mol. The van der Waals surface area contributed by atoms with Crippen LogP contribution in [-0.2, 0) is 17.6 Å². The van der Waals surface area contributed by atoms with Crippen molar-refractivity contribution in [3.63, 3.8) is 0 Å². The van der Waals surface area contributed by atoms with Gasteiger partial charge in [0.25, 0.3) is 0 Å². The topological polar surface area (TPSA) is 46.3 Å². The molecule has 0 radical (unpaired) electrons. The zero-order valence-corrected chi connectivity index (χ0v) is 16.0. The molecule has 29 heavy (non-hydrogen) atoms. The molecule has 1 amide bonds. The lowest BCUT2D eigenvalue weighted by atomic mass is 10.0. The number of benzene rings is 2. The summed E-state index contributed by atoms with van der Waals surface area (Å²) < 4.78 is 32.5. The van der Waals surface area contributed by atoms with Crippen molar-refractivity contribution >= 4 is 5.91 Å². The van der Waals surface area contributed by atoms with Gasteiger partial charge < -0.3 is 9.32 Å². The number of aromatic nitrogens is 1. The molecule has 6 heteroatoms. The lowest BCUT2D eigenvalue weighted by molar-refractivity contribution is -0.132. The maximum absolute atomic E-state index is 13.9. The number of hydrogen-bond donors (Lipinski definition) is 0.